The summed E-state index contributed by atoms with van der Waals surface area (Å²) in [5.41, 5.74) is -0.404. The molecule has 1 aromatic heterocycles. The van der Waals surface area contributed by atoms with E-state index in [0.29, 0.717) is 5.56 Å². The number of carbonyl (C=O) groups is 1. The van der Waals surface area contributed by atoms with Crippen molar-refractivity contribution in [3.63, 3.8) is 0 Å². The van der Waals surface area contributed by atoms with Gasteiger partial charge in [-0.15, -0.1) is 0 Å². The number of nitrogens with one attached hydrogen (secondary N) is 1. The van der Waals surface area contributed by atoms with Crippen molar-refractivity contribution in [3.8, 4) is 0 Å². The molecule has 106 valence electrons. The van der Waals surface area contributed by atoms with Crippen LogP contribution in [0.1, 0.15) is 21.6 Å². The van der Waals surface area contributed by atoms with Gasteiger partial charge in [0, 0.05) is 6.54 Å². The molecule has 0 saturated carbocycles. The van der Waals surface area contributed by atoms with Crippen molar-refractivity contribution < 1.29 is 27.5 Å². The number of carboxylic acids is 1. The van der Waals surface area contributed by atoms with Crippen LogP contribution in [-0.4, -0.2) is 16.1 Å². The number of oxazole rings is 1. The second kappa shape index (κ2) is 5.24. The number of benzene rings is 1. The fourth-order valence-electron chi connectivity index (χ4n) is 1.44. The number of halogens is 3. The van der Waals surface area contributed by atoms with Gasteiger partial charge >= 0.3 is 12.1 Å². The van der Waals surface area contributed by atoms with Crippen molar-refractivity contribution in [3.05, 3.63) is 47.3 Å². The Labute approximate surface area is 111 Å². The van der Waals surface area contributed by atoms with Gasteiger partial charge in [-0.05, 0) is 17.7 Å². The summed E-state index contributed by atoms with van der Waals surface area (Å²) in [6.45, 7) is 0.164. The maximum absolute atomic E-state index is 12.4. The Bertz CT molecular complexity index is 605. The molecule has 2 aromatic rings. The lowest BCUT2D eigenvalue weighted by Crippen LogP contribution is -2.06. The third-order valence-corrected chi connectivity index (χ3v) is 2.45. The van der Waals surface area contributed by atoms with Crippen molar-refractivity contribution in [1.29, 1.82) is 0 Å². The normalized spacial score (nSPS) is 11.3. The molecule has 1 aromatic carbocycles. The number of hydrogen-bond donors (Lipinski definition) is 2. The number of carboxylic acid groups (broad SMARTS) is 1. The van der Waals surface area contributed by atoms with Gasteiger partial charge in [0.15, 0.2) is 5.69 Å². The van der Waals surface area contributed by atoms with Crippen molar-refractivity contribution in [2.45, 2.75) is 12.7 Å². The molecule has 0 atom stereocenters. The van der Waals surface area contributed by atoms with Crippen molar-refractivity contribution >= 4 is 12.0 Å². The largest absolute Gasteiger partial charge is 0.476 e. The first-order chi connectivity index (χ1) is 9.36. The summed E-state index contributed by atoms with van der Waals surface area (Å²) < 4.78 is 41.9. The van der Waals surface area contributed by atoms with Crippen molar-refractivity contribution in [2.24, 2.45) is 0 Å². The Balaban J connectivity index is 1.98. The highest BCUT2D eigenvalue weighted by atomic mass is 19.4. The third kappa shape index (κ3) is 3.28. The summed E-state index contributed by atoms with van der Waals surface area (Å²) in [7, 11) is 0. The lowest BCUT2D eigenvalue weighted by molar-refractivity contribution is -0.137. The molecule has 0 aliphatic heterocycles. The Kier molecular flexibility index (Phi) is 3.64. The summed E-state index contributed by atoms with van der Waals surface area (Å²) in [6.07, 6.45) is -3.40. The molecule has 0 unspecified atom stereocenters. The molecular formula is C12H9F3N2O3. The van der Waals surface area contributed by atoms with E-state index in [1.165, 1.54) is 12.1 Å². The Morgan fingerprint density at radius 3 is 2.45 bits per heavy atom. The fourth-order valence-corrected chi connectivity index (χ4v) is 1.44. The molecule has 1 heterocycles. The average molecular weight is 286 g/mol. The maximum atomic E-state index is 12.4. The van der Waals surface area contributed by atoms with E-state index in [1.54, 1.807) is 0 Å². The van der Waals surface area contributed by atoms with Gasteiger partial charge in [0.05, 0.1) is 5.56 Å². The molecule has 0 radical (unpaired) electrons. The van der Waals surface area contributed by atoms with Gasteiger partial charge < -0.3 is 14.8 Å². The van der Waals surface area contributed by atoms with Crippen LogP contribution in [0.4, 0.5) is 19.2 Å². The molecule has 2 N–H and O–H groups in total. The second-order valence-electron chi connectivity index (χ2n) is 3.89. The number of nitrogens with zero attached hydrogens (tertiary/aromatic N) is 1. The predicted octanol–water partition coefficient (Wildman–Crippen LogP) is 3.00. The minimum atomic E-state index is -4.37. The van der Waals surface area contributed by atoms with Crippen molar-refractivity contribution in [1.82, 2.24) is 4.98 Å². The highest BCUT2D eigenvalue weighted by Crippen LogP contribution is 2.29. The number of aromatic nitrogens is 1. The molecule has 0 aliphatic rings. The molecule has 0 spiro atoms. The number of aromatic carboxylic acids is 1. The average Bonchev–Trinajstić information content (AvgIpc) is 2.85. The van der Waals surface area contributed by atoms with E-state index in [9.17, 15) is 18.0 Å². The topological polar surface area (TPSA) is 75.4 Å². The van der Waals surface area contributed by atoms with Crippen molar-refractivity contribution in [2.75, 3.05) is 5.32 Å². The van der Waals surface area contributed by atoms with E-state index in [0.717, 1.165) is 18.4 Å². The number of rotatable bonds is 4. The second-order valence-corrected chi connectivity index (χ2v) is 3.89. The van der Waals surface area contributed by atoms with E-state index in [2.05, 4.69) is 10.3 Å². The van der Waals surface area contributed by atoms with Crippen LogP contribution in [0.2, 0.25) is 0 Å². The maximum Gasteiger partial charge on any atom is 0.416 e. The van der Waals surface area contributed by atoms with Crippen LogP contribution < -0.4 is 5.32 Å². The molecule has 5 nitrogen and oxygen atoms in total. The smallest absolute Gasteiger partial charge is 0.416 e. The Morgan fingerprint density at radius 2 is 1.95 bits per heavy atom. The summed E-state index contributed by atoms with van der Waals surface area (Å²) in [5, 5.41) is 11.3. The van der Waals surface area contributed by atoms with E-state index in [1.807, 2.05) is 0 Å². The number of alkyl halides is 3. The van der Waals surface area contributed by atoms with E-state index in [4.69, 9.17) is 9.52 Å². The van der Waals surface area contributed by atoms with Crippen LogP contribution >= 0.6 is 0 Å². The molecule has 0 aliphatic carbocycles. The first-order valence-electron chi connectivity index (χ1n) is 5.45. The minimum absolute atomic E-state index is 0.0118. The van der Waals surface area contributed by atoms with Crippen LogP contribution in [0.25, 0.3) is 0 Å². The lowest BCUT2D eigenvalue weighted by atomic mass is 10.1. The summed E-state index contributed by atoms with van der Waals surface area (Å²) in [5.74, 6) is -1.23. The summed E-state index contributed by atoms with van der Waals surface area (Å²) >= 11 is 0. The summed E-state index contributed by atoms with van der Waals surface area (Å²) in [4.78, 5) is 14.2. The van der Waals surface area contributed by atoms with Gasteiger partial charge in [-0.1, -0.05) is 12.1 Å². The van der Waals surface area contributed by atoms with E-state index < -0.39 is 17.7 Å². The zero-order valence-corrected chi connectivity index (χ0v) is 9.94. The van der Waals surface area contributed by atoms with E-state index in [-0.39, 0.29) is 18.3 Å². The quantitative estimate of drug-likeness (QED) is 0.903. The SMILES string of the molecule is O=C(O)c1coc(NCc2ccc(C(F)(F)F)cc2)n1. The third-order valence-electron chi connectivity index (χ3n) is 2.45. The van der Waals surface area contributed by atoms with Gasteiger partial charge in [0.2, 0.25) is 0 Å². The lowest BCUT2D eigenvalue weighted by Gasteiger charge is -2.07. The van der Waals surface area contributed by atoms with Gasteiger partial charge in [-0.25, -0.2) is 4.79 Å². The highest BCUT2D eigenvalue weighted by molar-refractivity contribution is 5.85. The van der Waals surface area contributed by atoms with E-state index >= 15 is 0 Å². The highest BCUT2D eigenvalue weighted by Gasteiger charge is 2.29. The molecular weight excluding hydrogens is 277 g/mol. The fraction of sp³-hybridized carbons (Fsp3) is 0.167. The first-order valence-corrected chi connectivity index (χ1v) is 5.45. The van der Waals surface area contributed by atoms with Crippen LogP contribution in [0.5, 0.6) is 0 Å². The van der Waals surface area contributed by atoms with Crippen LogP contribution in [-0.2, 0) is 12.7 Å². The first kappa shape index (κ1) is 13.9. The molecule has 0 amide bonds. The molecule has 20 heavy (non-hydrogen) atoms. The Hall–Kier alpha value is -2.51. The zero-order valence-electron chi connectivity index (χ0n) is 9.94. The van der Waals surface area contributed by atoms with Gasteiger partial charge in [0.1, 0.15) is 6.26 Å². The van der Waals surface area contributed by atoms with Gasteiger partial charge in [0.25, 0.3) is 6.01 Å². The molecule has 0 fully saturated rings. The molecule has 0 bridgehead atoms. The number of hydrogen-bond acceptors (Lipinski definition) is 4. The molecule has 8 heteroatoms. The Morgan fingerprint density at radius 1 is 1.30 bits per heavy atom. The minimum Gasteiger partial charge on any atom is -0.476 e. The van der Waals surface area contributed by atoms with Crippen LogP contribution in [0.15, 0.2) is 34.9 Å². The zero-order chi connectivity index (χ0) is 14.8. The number of anilines is 1. The van der Waals surface area contributed by atoms with Gasteiger partial charge in [-0.3, -0.25) is 0 Å². The predicted molar refractivity (Wildman–Crippen MR) is 62.2 cm³/mol. The standard InChI is InChI=1S/C12H9F3N2O3/c13-12(14,15)8-3-1-7(2-4-8)5-16-11-17-9(6-20-11)10(18)19/h1-4,6H,5H2,(H,16,17)(H,18,19). The monoisotopic (exact) mass is 286 g/mol. The molecule has 0 saturated heterocycles. The van der Waals surface area contributed by atoms with Crippen LogP contribution in [0, 0.1) is 0 Å². The van der Waals surface area contributed by atoms with Gasteiger partial charge in [-0.2, -0.15) is 18.2 Å². The summed E-state index contributed by atoms with van der Waals surface area (Å²) in [6, 6.07) is 4.56. The molecule has 2 rings (SSSR count). The van der Waals surface area contributed by atoms with Crippen LogP contribution in [0.3, 0.4) is 0 Å².